The molecule has 118 heavy (non-hydrogen) atoms. The summed E-state index contributed by atoms with van der Waals surface area (Å²) < 4.78 is 0. The van der Waals surface area contributed by atoms with Crippen molar-refractivity contribution in [1.29, 1.82) is 0 Å². The molecule has 0 saturated carbocycles. The van der Waals surface area contributed by atoms with Crippen LogP contribution in [0.4, 0.5) is 152 Å². The first-order valence-corrected chi connectivity index (χ1v) is 35.1. The monoisotopic (exact) mass is 1580 g/mol. The molecule has 0 spiro atoms. The van der Waals surface area contributed by atoms with Gasteiger partial charge in [-0.05, 0) is 179 Å². The van der Waals surface area contributed by atoms with Gasteiger partial charge in [0.2, 0.25) is 0 Å². The second-order valence-corrected chi connectivity index (χ2v) is 25.1. The maximum Gasteiger partial charge on any atom is 0.323 e. The van der Waals surface area contributed by atoms with Crippen LogP contribution in [0.5, 0.6) is 0 Å². The number of nitrogens with zero attached hydrogens (tertiary/aromatic N) is 4. The number of anilines is 16. The number of benzene rings is 12. The highest BCUT2D eigenvalue weighted by atomic mass is 16.6. The Hall–Kier alpha value is -17.9. The number of amides is 16. The quantitative estimate of drug-likeness (QED) is 0.0152. The molecule has 0 atom stereocenters. The summed E-state index contributed by atoms with van der Waals surface area (Å²) in [5.41, 5.74) is 6.32. The third-order valence-electron chi connectivity index (χ3n) is 17.0. The second-order valence-electron chi connectivity index (χ2n) is 25.1. The van der Waals surface area contributed by atoms with Gasteiger partial charge in [-0.15, -0.1) is 0 Å². The Labute approximate surface area is 667 Å². The normalized spacial score (nSPS) is 10.4. The Morgan fingerprint density at radius 2 is 0.288 bits per heavy atom. The molecule has 0 unspecified atom stereocenters. The molecule has 588 valence electrons. The van der Waals surface area contributed by atoms with Crippen molar-refractivity contribution in [2.45, 2.75) is 0 Å². The molecule has 0 aliphatic heterocycles. The van der Waals surface area contributed by atoms with Crippen LogP contribution in [0.2, 0.25) is 0 Å². The summed E-state index contributed by atoms with van der Waals surface area (Å²) in [6.07, 6.45) is 0. The lowest BCUT2D eigenvalue weighted by Gasteiger charge is -2.20. The summed E-state index contributed by atoms with van der Waals surface area (Å²) in [5.74, 6) is 0. The van der Waals surface area contributed by atoms with E-state index in [1.165, 1.54) is 97.1 Å². The molecule has 12 rings (SSSR count). The molecule has 12 aromatic rings. The summed E-state index contributed by atoms with van der Waals surface area (Å²) in [6, 6.07) is 67.4. The molecule has 0 saturated heterocycles. The smallest absolute Gasteiger partial charge is 0.308 e. The van der Waals surface area contributed by atoms with Crippen LogP contribution in [0.1, 0.15) is 22.3 Å². The number of nitrogens with one attached hydrogen (secondary N) is 16. The van der Waals surface area contributed by atoms with Gasteiger partial charge in [-0.2, -0.15) is 0 Å². The standard InChI is InChI=1S/C82H64N20O16/c103-75(91-65-9-1-5-13-69(65)95-79(107)87-57-33-41-61(42-34-57)99(111)112)83-53-25-17-49(18-26-53)73(50-19-27-54(28-20-50)84-76(104)92-66-10-2-6-14-70(66)96-80(108)88-58-35-43-62(44-36-58)100(113)114)74(51-21-29-55(30-22-51)85-77(105)93-67-11-3-7-15-71(67)97-81(109)89-59-37-45-63(46-38-59)101(115)116)52-23-31-56(32-24-52)86-78(106)94-68-12-4-8-16-72(68)98-82(110)90-60-39-47-64(48-40-60)102(117)118/h1-48H,(H2,83,91,103)(H2,84,92,104)(H2,85,93,105)(H2,86,94,106)(H2,87,95,107)(H2,88,96,108)(H2,89,97,109)(H2,90,98,110). The summed E-state index contributed by atoms with van der Waals surface area (Å²) in [5, 5.41) is 88.2. The van der Waals surface area contributed by atoms with E-state index < -0.39 is 67.9 Å². The number of rotatable bonds is 24. The number of nitro benzene ring substituents is 4. The molecule has 0 radical (unpaired) electrons. The molecular formula is C82H64N20O16. The summed E-state index contributed by atoms with van der Waals surface area (Å²) in [7, 11) is 0. The van der Waals surface area contributed by atoms with Gasteiger partial charge in [-0.1, -0.05) is 97.1 Å². The zero-order valence-electron chi connectivity index (χ0n) is 61.0. The van der Waals surface area contributed by atoms with E-state index in [0.717, 1.165) is 0 Å². The highest BCUT2D eigenvalue weighted by molar-refractivity contribution is 6.12. The second kappa shape index (κ2) is 37.2. The number of non-ortho nitro benzene ring substituents is 4. The largest absolute Gasteiger partial charge is 0.323 e. The number of carbonyl (C=O) groups is 8. The molecule has 12 aromatic carbocycles. The molecule has 0 aromatic heterocycles. The molecule has 0 fully saturated rings. The lowest BCUT2D eigenvalue weighted by Crippen LogP contribution is -2.23. The van der Waals surface area contributed by atoms with E-state index in [1.807, 2.05) is 0 Å². The number of carbonyl (C=O) groups excluding carboxylic acids is 8. The van der Waals surface area contributed by atoms with Crippen molar-refractivity contribution < 1.29 is 58.0 Å². The van der Waals surface area contributed by atoms with Crippen molar-refractivity contribution in [2.75, 3.05) is 85.1 Å². The van der Waals surface area contributed by atoms with Crippen LogP contribution >= 0.6 is 0 Å². The van der Waals surface area contributed by atoms with Crippen LogP contribution in [0, 0.1) is 40.5 Å². The van der Waals surface area contributed by atoms with E-state index in [4.69, 9.17) is 0 Å². The van der Waals surface area contributed by atoms with Crippen LogP contribution in [-0.4, -0.2) is 67.9 Å². The van der Waals surface area contributed by atoms with E-state index in [9.17, 15) is 78.8 Å². The van der Waals surface area contributed by atoms with Crippen LogP contribution in [0.3, 0.4) is 0 Å². The molecule has 36 nitrogen and oxygen atoms in total. The van der Waals surface area contributed by atoms with Gasteiger partial charge in [-0.25, -0.2) is 38.4 Å². The molecule has 0 bridgehead atoms. The maximum atomic E-state index is 13.9. The van der Waals surface area contributed by atoms with E-state index in [2.05, 4.69) is 85.1 Å². The van der Waals surface area contributed by atoms with Crippen molar-refractivity contribution in [3.05, 3.63) is 354 Å². The molecule has 0 aliphatic rings. The maximum absolute atomic E-state index is 13.9. The van der Waals surface area contributed by atoms with Crippen LogP contribution in [0.15, 0.2) is 291 Å². The Kier molecular flexibility index (Phi) is 25.1. The lowest BCUT2D eigenvalue weighted by molar-refractivity contribution is -0.385. The van der Waals surface area contributed by atoms with Gasteiger partial charge in [-0.3, -0.25) is 40.5 Å². The third kappa shape index (κ3) is 21.8. The van der Waals surface area contributed by atoms with Crippen LogP contribution in [0.25, 0.3) is 11.1 Å². The number of nitro groups is 4. The fourth-order valence-electron chi connectivity index (χ4n) is 11.5. The van der Waals surface area contributed by atoms with Crippen molar-refractivity contribution in [3.63, 3.8) is 0 Å². The van der Waals surface area contributed by atoms with Gasteiger partial charge in [0, 0.05) is 94.0 Å². The van der Waals surface area contributed by atoms with Crippen molar-refractivity contribution in [2.24, 2.45) is 0 Å². The molecule has 36 heteroatoms. The van der Waals surface area contributed by atoms with E-state index in [-0.39, 0.29) is 91.0 Å². The Morgan fingerprint density at radius 1 is 0.169 bits per heavy atom. The first-order valence-electron chi connectivity index (χ1n) is 35.1. The Balaban J connectivity index is 0.844. The first kappa shape index (κ1) is 79.7. The molecular weight excluding hydrogens is 1520 g/mol. The van der Waals surface area contributed by atoms with Crippen LogP contribution < -0.4 is 85.1 Å². The minimum atomic E-state index is -0.716. The van der Waals surface area contributed by atoms with Gasteiger partial charge < -0.3 is 85.1 Å². The zero-order chi connectivity index (χ0) is 83.2. The van der Waals surface area contributed by atoms with Gasteiger partial charge >= 0.3 is 48.2 Å². The van der Waals surface area contributed by atoms with E-state index in [1.54, 1.807) is 194 Å². The highest BCUT2D eigenvalue weighted by Gasteiger charge is 2.22. The fourth-order valence-corrected chi connectivity index (χ4v) is 11.5. The number of hydrogen-bond acceptors (Lipinski definition) is 16. The average molecular weight is 1590 g/mol. The lowest BCUT2D eigenvalue weighted by atomic mass is 9.85. The van der Waals surface area contributed by atoms with Gasteiger partial charge in [0.1, 0.15) is 0 Å². The molecule has 0 heterocycles. The van der Waals surface area contributed by atoms with Crippen molar-refractivity contribution in [1.82, 2.24) is 0 Å². The predicted molar refractivity (Wildman–Crippen MR) is 450 cm³/mol. The molecule has 0 aliphatic carbocycles. The van der Waals surface area contributed by atoms with E-state index >= 15 is 0 Å². The Bertz CT molecular complexity index is 5150. The summed E-state index contributed by atoms with van der Waals surface area (Å²) >= 11 is 0. The highest BCUT2D eigenvalue weighted by Crippen LogP contribution is 2.40. The van der Waals surface area contributed by atoms with Crippen molar-refractivity contribution in [3.8, 4) is 0 Å². The number of hydrogen-bond donors (Lipinski definition) is 16. The van der Waals surface area contributed by atoms with Gasteiger partial charge in [0.15, 0.2) is 0 Å². The fraction of sp³-hybridized carbons (Fsp3) is 0. The minimum absolute atomic E-state index is 0.177. The minimum Gasteiger partial charge on any atom is -0.308 e. The predicted octanol–water partition coefficient (Wildman–Crippen LogP) is 19.5. The zero-order valence-corrected chi connectivity index (χ0v) is 61.0. The summed E-state index contributed by atoms with van der Waals surface area (Å²) in [6.45, 7) is 0. The Morgan fingerprint density at radius 3 is 0.407 bits per heavy atom. The summed E-state index contributed by atoms with van der Waals surface area (Å²) in [4.78, 5) is 151. The molecule has 16 amide bonds. The number of urea groups is 8. The first-order chi connectivity index (χ1) is 57.0. The van der Waals surface area contributed by atoms with Gasteiger partial charge in [0.25, 0.3) is 22.7 Å². The van der Waals surface area contributed by atoms with Crippen molar-refractivity contribution >= 4 is 173 Å². The van der Waals surface area contributed by atoms with Crippen LogP contribution in [-0.2, 0) is 0 Å². The molecule has 16 N–H and O–H groups in total. The van der Waals surface area contributed by atoms with E-state index in [0.29, 0.717) is 56.1 Å². The number of para-hydroxylation sites is 8. The SMILES string of the molecule is O=C(Nc1ccc(C(=C(c2ccc(NC(=O)Nc3ccccc3NC(=O)Nc3ccc([N+](=O)[O-])cc3)cc2)c2ccc(NC(=O)Nc3ccccc3NC(=O)Nc3ccc([N+](=O)[O-])cc3)cc2)c2ccc(NC(=O)Nc3ccccc3NC(=O)Nc3ccc([N+](=O)[O-])cc3)cc2)cc1)Nc1ccccc1NC(=O)Nc1ccc([N+](=O)[O-])cc1. The average Bonchev–Trinajstić information content (AvgIpc) is 0.775. The third-order valence-corrected chi connectivity index (χ3v) is 17.0. The van der Waals surface area contributed by atoms with Gasteiger partial charge in [0.05, 0.1) is 65.2 Å². The topological polar surface area (TPSA) is 502 Å².